The third-order valence-corrected chi connectivity index (χ3v) is 3.89. The predicted molar refractivity (Wildman–Crippen MR) is 82.6 cm³/mol. The van der Waals surface area contributed by atoms with Gasteiger partial charge in [0, 0.05) is 18.8 Å². The Labute approximate surface area is 124 Å². The number of nitrogens with zero attached hydrogens (tertiary/aromatic N) is 2. The van der Waals surface area contributed by atoms with Gasteiger partial charge in [0.2, 0.25) is 0 Å². The number of nitrogens with two attached hydrogens (primary N) is 1. The highest BCUT2D eigenvalue weighted by atomic mass is 15.0. The van der Waals surface area contributed by atoms with E-state index in [1.807, 2.05) is 18.2 Å². The van der Waals surface area contributed by atoms with Crippen LogP contribution >= 0.6 is 0 Å². The summed E-state index contributed by atoms with van der Waals surface area (Å²) in [5, 5.41) is 12.6. The lowest BCUT2D eigenvalue weighted by molar-refractivity contribution is 0.899. The number of nitrogens with one attached hydrogen (secondary N) is 1. The van der Waals surface area contributed by atoms with Crippen molar-refractivity contribution < 1.29 is 0 Å². The Kier molecular flexibility index (Phi) is 3.85. The summed E-state index contributed by atoms with van der Waals surface area (Å²) in [5.41, 5.74) is 10.9. The molecule has 1 aromatic heterocycles. The number of nitriles is 1. The van der Waals surface area contributed by atoms with Crippen LogP contribution in [0.2, 0.25) is 0 Å². The summed E-state index contributed by atoms with van der Waals surface area (Å²) in [5.74, 6) is 0.695. The second kappa shape index (κ2) is 5.94. The number of fused-ring (bicyclic) bond motifs is 1. The normalized spacial score (nSPS) is 12.8. The van der Waals surface area contributed by atoms with Crippen molar-refractivity contribution in [2.45, 2.75) is 32.4 Å². The minimum Gasteiger partial charge on any atom is -0.365 e. The number of rotatable bonds is 4. The van der Waals surface area contributed by atoms with E-state index in [1.165, 1.54) is 5.56 Å². The molecule has 1 heterocycles. The number of anilines is 1. The van der Waals surface area contributed by atoms with E-state index in [-0.39, 0.29) is 0 Å². The zero-order valence-corrected chi connectivity index (χ0v) is 11.9. The lowest BCUT2D eigenvalue weighted by Crippen LogP contribution is -2.06. The van der Waals surface area contributed by atoms with Gasteiger partial charge in [-0.05, 0) is 42.0 Å². The van der Waals surface area contributed by atoms with E-state index in [4.69, 9.17) is 5.73 Å². The molecule has 4 heteroatoms. The van der Waals surface area contributed by atoms with Crippen LogP contribution in [0.4, 0.5) is 5.82 Å². The molecular formula is C17H18N4. The standard InChI is InChI=1S/C17H18N4/c18-9-12-4-6-13(7-5-12)11-20-17-15(10-19)8-14-2-1-3-16(14)21-17/h4-8H,1-3,9,11,18H2,(H,20,21). The first-order chi connectivity index (χ1) is 10.3. The Bertz CT molecular complexity index is 683. The summed E-state index contributed by atoms with van der Waals surface area (Å²) in [4.78, 5) is 4.62. The molecule has 0 aliphatic heterocycles. The smallest absolute Gasteiger partial charge is 0.144 e. The van der Waals surface area contributed by atoms with Crippen LogP contribution in [-0.4, -0.2) is 4.98 Å². The zero-order valence-electron chi connectivity index (χ0n) is 11.9. The first-order valence-electron chi connectivity index (χ1n) is 7.25. The molecule has 0 atom stereocenters. The first kappa shape index (κ1) is 13.6. The average Bonchev–Trinajstić information content (AvgIpc) is 2.99. The van der Waals surface area contributed by atoms with Gasteiger partial charge in [0.05, 0.1) is 5.56 Å². The number of aromatic nitrogens is 1. The monoisotopic (exact) mass is 278 g/mol. The highest BCUT2D eigenvalue weighted by molar-refractivity contribution is 5.55. The molecule has 4 nitrogen and oxygen atoms in total. The number of hydrogen-bond donors (Lipinski definition) is 2. The molecule has 0 amide bonds. The largest absolute Gasteiger partial charge is 0.365 e. The molecule has 0 bridgehead atoms. The molecule has 106 valence electrons. The van der Waals surface area contributed by atoms with Gasteiger partial charge in [0.25, 0.3) is 0 Å². The third-order valence-electron chi connectivity index (χ3n) is 3.89. The summed E-state index contributed by atoms with van der Waals surface area (Å²) < 4.78 is 0. The van der Waals surface area contributed by atoms with E-state index in [0.29, 0.717) is 24.5 Å². The molecule has 3 N–H and O–H groups in total. The number of benzene rings is 1. The highest BCUT2D eigenvalue weighted by Gasteiger charge is 2.16. The van der Waals surface area contributed by atoms with Gasteiger partial charge in [0.15, 0.2) is 0 Å². The molecule has 0 radical (unpaired) electrons. The van der Waals surface area contributed by atoms with Crippen molar-refractivity contribution in [1.29, 1.82) is 5.26 Å². The van der Waals surface area contributed by atoms with Gasteiger partial charge in [-0.2, -0.15) is 5.26 Å². The van der Waals surface area contributed by atoms with Gasteiger partial charge in [-0.15, -0.1) is 0 Å². The van der Waals surface area contributed by atoms with E-state index in [2.05, 4.69) is 28.5 Å². The van der Waals surface area contributed by atoms with Crippen molar-refractivity contribution in [3.63, 3.8) is 0 Å². The molecule has 21 heavy (non-hydrogen) atoms. The van der Waals surface area contributed by atoms with Gasteiger partial charge in [0.1, 0.15) is 11.9 Å². The minimum atomic E-state index is 0.554. The summed E-state index contributed by atoms with van der Waals surface area (Å²) in [6.45, 7) is 1.21. The Balaban J connectivity index is 1.76. The van der Waals surface area contributed by atoms with Crippen molar-refractivity contribution in [3.8, 4) is 6.07 Å². The third kappa shape index (κ3) is 2.88. The van der Waals surface area contributed by atoms with Gasteiger partial charge in [-0.25, -0.2) is 4.98 Å². The molecule has 1 aliphatic rings. The first-order valence-corrected chi connectivity index (χ1v) is 7.25. The maximum absolute atomic E-state index is 9.27. The second-order valence-electron chi connectivity index (χ2n) is 5.33. The number of hydrogen-bond acceptors (Lipinski definition) is 4. The highest BCUT2D eigenvalue weighted by Crippen LogP contribution is 2.25. The Morgan fingerprint density at radius 1 is 1.19 bits per heavy atom. The lowest BCUT2D eigenvalue weighted by atomic mass is 10.1. The molecule has 2 aromatic rings. The van der Waals surface area contributed by atoms with Crippen molar-refractivity contribution >= 4 is 5.82 Å². The molecule has 1 aliphatic carbocycles. The molecule has 0 saturated carbocycles. The minimum absolute atomic E-state index is 0.554. The fourth-order valence-corrected chi connectivity index (χ4v) is 2.67. The molecule has 0 spiro atoms. The van der Waals surface area contributed by atoms with Crippen LogP contribution in [0.25, 0.3) is 0 Å². The van der Waals surface area contributed by atoms with Crippen LogP contribution in [0.15, 0.2) is 30.3 Å². The molecule has 0 fully saturated rings. The number of pyridine rings is 1. The predicted octanol–water partition coefficient (Wildman–Crippen LogP) is 2.51. The van der Waals surface area contributed by atoms with E-state index in [0.717, 1.165) is 36.1 Å². The quantitative estimate of drug-likeness (QED) is 0.901. The molecule has 0 unspecified atom stereocenters. The molecular weight excluding hydrogens is 260 g/mol. The van der Waals surface area contributed by atoms with Gasteiger partial charge in [-0.3, -0.25) is 0 Å². The van der Waals surface area contributed by atoms with Crippen molar-refractivity contribution in [1.82, 2.24) is 4.98 Å². The zero-order chi connectivity index (χ0) is 14.7. The Morgan fingerprint density at radius 2 is 1.95 bits per heavy atom. The summed E-state index contributed by atoms with van der Waals surface area (Å²) >= 11 is 0. The SMILES string of the molecule is N#Cc1cc2c(nc1NCc1ccc(CN)cc1)CCC2. The van der Waals surface area contributed by atoms with Gasteiger partial charge >= 0.3 is 0 Å². The fraction of sp³-hybridized carbons (Fsp3) is 0.294. The lowest BCUT2D eigenvalue weighted by Gasteiger charge is -2.10. The molecule has 1 aromatic carbocycles. The van der Waals surface area contributed by atoms with E-state index >= 15 is 0 Å². The summed E-state index contributed by atoms with van der Waals surface area (Å²) in [7, 11) is 0. The average molecular weight is 278 g/mol. The maximum Gasteiger partial charge on any atom is 0.144 e. The van der Waals surface area contributed by atoms with Crippen LogP contribution in [0.1, 0.15) is 34.4 Å². The van der Waals surface area contributed by atoms with Crippen LogP contribution in [0.5, 0.6) is 0 Å². The van der Waals surface area contributed by atoms with Crippen molar-refractivity contribution in [3.05, 3.63) is 58.3 Å². The Morgan fingerprint density at radius 3 is 2.67 bits per heavy atom. The topological polar surface area (TPSA) is 74.7 Å². The van der Waals surface area contributed by atoms with Crippen LogP contribution < -0.4 is 11.1 Å². The van der Waals surface area contributed by atoms with Gasteiger partial charge in [-0.1, -0.05) is 24.3 Å². The van der Waals surface area contributed by atoms with Crippen LogP contribution in [0.3, 0.4) is 0 Å². The second-order valence-corrected chi connectivity index (χ2v) is 5.33. The number of aryl methyl sites for hydroxylation is 2. The van der Waals surface area contributed by atoms with Crippen molar-refractivity contribution in [2.24, 2.45) is 5.73 Å². The summed E-state index contributed by atoms with van der Waals surface area (Å²) in [6.07, 6.45) is 3.19. The van der Waals surface area contributed by atoms with Gasteiger partial charge < -0.3 is 11.1 Å². The van der Waals surface area contributed by atoms with E-state index in [9.17, 15) is 5.26 Å². The summed E-state index contributed by atoms with van der Waals surface area (Å²) in [6, 6.07) is 12.4. The fourth-order valence-electron chi connectivity index (χ4n) is 2.67. The van der Waals surface area contributed by atoms with Crippen molar-refractivity contribution in [2.75, 3.05) is 5.32 Å². The van der Waals surface area contributed by atoms with E-state index in [1.54, 1.807) is 0 Å². The van der Waals surface area contributed by atoms with E-state index < -0.39 is 0 Å². The Hall–Kier alpha value is -2.38. The van der Waals surface area contributed by atoms with Crippen LogP contribution in [-0.2, 0) is 25.9 Å². The molecule has 3 rings (SSSR count). The van der Waals surface area contributed by atoms with Crippen LogP contribution in [0, 0.1) is 11.3 Å². The maximum atomic E-state index is 9.27. The molecule has 0 saturated heterocycles.